The van der Waals surface area contributed by atoms with E-state index in [4.69, 9.17) is 0 Å². The minimum Gasteiger partial charge on any atom is -0.329 e. The smallest absolute Gasteiger partial charge is 0.324 e. The number of nitrogens with one attached hydrogen (secondary N) is 2. The molecular weight excluding hydrogens is 226 g/mol. The lowest BCUT2D eigenvalue weighted by molar-refractivity contribution is -0.124. The highest BCUT2D eigenvalue weighted by Crippen LogP contribution is 2.00. The lowest BCUT2D eigenvalue weighted by Crippen LogP contribution is -2.37. The summed E-state index contributed by atoms with van der Waals surface area (Å²) >= 11 is 1.92. The van der Waals surface area contributed by atoms with Gasteiger partial charge in [-0.2, -0.15) is 11.8 Å². The van der Waals surface area contributed by atoms with Gasteiger partial charge in [-0.25, -0.2) is 4.79 Å². The van der Waals surface area contributed by atoms with Crippen LogP contribution >= 0.6 is 11.8 Å². The number of urea groups is 1. The largest absolute Gasteiger partial charge is 0.329 e. The van der Waals surface area contributed by atoms with E-state index in [2.05, 4.69) is 17.6 Å². The van der Waals surface area contributed by atoms with E-state index in [1.165, 1.54) is 4.90 Å². The van der Waals surface area contributed by atoms with Crippen molar-refractivity contribution in [1.82, 2.24) is 15.5 Å². The van der Waals surface area contributed by atoms with E-state index in [1.807, 2.05) is 11.8 Å². The molecule has 0 unspecified atom stereocenters. The van der Waals surface area contributed by atoms with E-state index in [0.717, 1.165) is 24.5 Å². The molecule has 0 radical (unpaired) electrons. The van der Waals surface area contributed by atoms with E-state index >= 15 is 0 Å². The summed E-state index contributed by atoms with van der Waals surface area (Å²) in [5.74, 6) is 2.18. The van der Waals surface area contributed by atoms with Crippen molar-refractivity contribution in [2.45, 2.75) is 13.3 Å². The van der Waals surface area contributed by atoms with Crippen molar-refractivity contribution in [2.75, 3.05) is 37.7 Å². The highest BCUT2D eigenvalue weighted by atomic mass is 32.2. The molecule has 1 heterocycles. The van der Waals surface area contributed by atoms with Crippen molar-refractivity contribution in [1.29, 1.82) is 0 Å². The van der Waals surface area contributed by atoms with E-state index in [0.29, 0.717) is 13.1 Å². The molecule has 0 spiro atoms. The lowest BCUT2D eigenvalue weighted by atomic mass is 10.4. The fourth-order valence-corrected chi connectivity index (χ4v) is 2.08. The second-order valence-corrected chi connectivity index (χ2v) is 4.90. The molecule has 0 bridgehead atoms. The minimum atomic E-state index is -0.270. The quantitative estimate of drug-likeness (QED) is 0.476. The Bertz CT molecular complexity index is 232. The van der Waals surface area contributed by atoms with Crippen LogP contribution in [0.2, 0.25) is 0 Å². The Hall–Kier alpha value is -0.750. The number of carbonyl (C=O) groups excluding carboxylic acids is 2. The molecule has 0 aromatic carbocycles. The summed E-state index contributed by atoms with van der Waals surface area (Å²) < 4.78 is 0. The summed E-state index contributed by atoms with van der Waals surface area (Å²) in [4.78, 5) is 23.6. The molecule has 5 nitrogen and oxygen atoms in total. The second-order valence-electron chi connectivity index (χ2n) is 3.50. The first-order valence-corrected chi connectivity index (χ1v) is 6.78. The Labute approximate surface area is 100 Å². The summed E-state index contributed by atoms with van der Waals surface area (Å²) in [6, 6.07) is -0.270. The number of carbonyl (C=O) groups is 2. The molecule has 0 atom stereocenters. The zero-order valence-electron chi connectivity index (χ0n) is 9.62. The summed E-state index contributed by atoms with van der Waals surface area (Å²) in [7, 11) is 0. The minimum absolute atomic E-state index is 0.131. The van der Waals surface area contributed by atoms with Gasteiger partial charge in [0.1, 0.15) is 0 Å². The van der Waals surface area contributed by atoms with Crippen LogP contribution in [0.1, 0.15) is 13.3 Å². The molecule has 0 aromatic heterocycles. The summed E-state index contributed by atoms with van der Waals surface area (Å²) in [5.41, 5.74) is 0. The van der Waals surface area contributed by atoms with Gasteiger partial charge in [-0.15, -0.1) is 0 Å². The summed E-state index contributed by atoms with van der Waals surface area (Å²) in [6.45, 7) is 4.37. The lowest BCUT2D eigenvalue weighted by Gasteiger charge is -2.12. The van der Waals surface area contributed by atoms with E-state index in [1.54, 1.807) is 0 Å². The summed E-state index contributed by atoms with van der Waals surface area (Å²) in [5, 5.41) is 5.72. The average Bonchev–Trinajstić information content (AvgIpc) is 2.59. The van der Waals surface area contributed by atoms with E-state index in [9.17, 15) is 9.59 Å². The Morgan fingerprint density at radius 1 is 1.44 bits per heavy atom. The standard InChI is InChI=1S/C10H19N3O2S/c1-2-16-7-3-4-11-5-6-13-9(14)8-12-10(13)15/h11H,2-8H2,1H3,(H,12,15). The van der Waals surface area contributed by atoms with Gasteiger partial charge in [-0.05, 0) is 24.5 Å². The maximum atomic E-state index is 11.2. The van der Waals surface area contributed by atoms with Gasteiger partial charge in [0.15, 0.2) is 0 Å². The number of rotatable bonds is 8. The number of amides is 3. The predicted molar refractivity (Wildman–Crippen MR) is 65.6 cm³/mol. The molecule has 0 aliphatic carbocycles. The van der Waals surface area contributed by atoms with Gasteiger partial charge in [0, 0.05) is 13.1 Å². The van der Waals surface area contributed by atoms with Crippen molar-refractivity contribution in [3.63, 3.8) is 0 Å². The first-order chi connectivity index (χ1) is 7.75. The third kappa shape index (κ3) is 4.40. The Kier molecular flexibility index (Phi) is 6.25. The molecule has 1 rings (SSSR count). The third-order valence-corrected chi connectivity index (χ3v) is 3.28. The van der Waals surface area contributed by atoms with Crippen LogP contribution in [0.15, 0.2) is 0 Å². The summed E-state index contributed by atoms with van der Waals surface area (Å²) in [6.07, 6.45) is 1.12. The first-order valence-electron chi connectivity index (χ1n) is 5.62. The molecule has 0 aromatic rings. The van der Waals surface area contributed by atoms with Gasteiger partial charge in [0.2, 0.25) is 5.91 Å². The monoisotopic (exact) mass is 245 g/mol. The van der Waals surface area contributed by atoms with Crippen molar-refractivity contribution in [3.8, 4) is 0 Å². The molecule has 1 aliphatic heterocycles. The number of nitrogens with zero attached hydrogens (tertiary/aromatic N) is 1. The number of thioether (sulfide) groups is 1. The van der Waals surface area contributed by atoms with Crippen molar-refractivity contribution < 1.29 is 9.59 Å². The molecule has 3 amide bonds. The number of imide groups is 1. The molecule has 92 valence electrons. The van der Waals surface area contributed by atoms with E-state index in [-0.39, 0.29) is 18.5 Å². The van der Waals surface area contributed by atoms with Crippen LogP contribution in [-0.2, 0) is 4.79 Å². The highest BCUT2D eigenvalue weighted by Gasteiger charge is 2.27. The van der Waals surface area contributed by atoms with Crippen LogP contribution in [0.4, 0.5) is 4.79 Å². The number of hydrogen-bond donors (Lipinski definition) is 2. The fourth-order valence-electron chi connectivity index (χ4n) is 1.44. The topological polar surface area (TPSA) is 61.4 Å². The van der Waals surface area contributed by atoms with Crippen molar-refractivity contribution >= 4 is 23.7 Å². The van der Waals surface area contributed by atoms with Crippen LogP contribution in [0.5, 0.6) is 0 Å². The van der Waals surface area contributed by atoms with Gasteiger partial charge >= 0.3 is 6.03 Å². The van der Waals surface area contributed by atoms with Gasteiger partial charge < -0.3 is 10.6 Å². The molecule has 16 heavy (non-hydrogen) atoms. The van der Waals surface area contributed by atoms with Crippen LogP contribution in [0.25, 0.3) is 0 Å². The Balaban J connectivity index is 1.98. The zero-order valence-corrected chi connectivity index (χ0v) is 10.4. The van der Waals surface area contributed by atoms with Crippen molar-refractivity contribution in [2.24, 2.45) is 0 Å². The van der Waals surface area contributed by atoms with Gasteiger partial charge in [-0.3, -0.25) is 9.69 Å². The Morgan fingerprint density at radius 3 is 2.88 bits per heavy atom. The first kappa shape index (κ1) is 13.3. The highest BCUT2D eigenvalue weighted by molar-refractivity contribution is 7.99. The van der Waals surface area contributed by atoms with Crippen LogP contribution in [-0.4, -0.2) is 54.5 Å². The van der Waals surface area contributed by atoms with Crippen LogP contribution < -0.4 is 10.6 Å². The second kappa shape index (κ2) is 7.51. The normalized spacial score (nSPS) is 15.7. The van der Waals surface area contributed by atoms with Gasteiger partial charge in [-0.1, -0.05) is 6.92 Å². The molecular formula is C10H19N3O2S. The molecule has 2 N–H and O–H groups in total. The maximum absolute atomic E-state index is 11.2. The molecule has 1 aliphatic rings. The van der Waals surface area contributed by atoms with Crippen molar-refractivity contribution in [3.05, 3.63) is 0 Å². The maximum Gasteiger partial charge on any atom is 0.324 e. The predicted octanol–water partition coefficient (Wildman–Crippen LogP) is 0.271. The van der Waals surface area contributed by atoms with Gasteiger partial charge in [0.25, 0.3) is 0 Å². The third-order valence-electron chi connectivity index (χ3n) is 2.30. The number of hydrogen-bond acceptors (Lipinski definition) is 4. The van der Waals surface area contributed by atoms with Gasteiger partial charge in [0.05, 0.1) is 6.54 Å². The average molecular weight is 245 g/mol. The molecule has 6 heteroatoms. The van der Waals surface area contributed by atoms with E-state index < -0.39 is 0 Å². The molecule has 1 fully saturated rings. The molecule has 0 saturated carbocycles. The fraction of sp³-hybridized carbons (Fsp3) is 0.800. The van der Waals surface area contributed by atoms with Crippen LogP contribution in [0.3, 0.4) is 0 Å². The Morgan fingerprint density at radius 2 is 2.25 bits per heavy atom. The SMILES string of the molecule is CCSCCCNCCN1C(=O)CNC1=O. The molecule has 1 saturated heterocycles. The van der Waals surface area contributed by atoms with Crippen LogP contribution in [0, 0.1) is 0 Å². The zero-order chi connectivity index (χ0) is 11.8.